The zero-order valence-electron chi connectivity index (χ0n) is 13.8. The molecule has 3 nitrogen and oxygen atoms in total. The lowest BCUT2D eigenvalue weighted by Crippen LogP contribution is -2.49. The molecule has 0 saturated heterocycles. The van der Waals surface area contributed by atoms with Crippen molar-refractivity contribution in [2.24, 2.45) is 5.73 Å². The van der Waals surface area contributed by atoms with Gasteiger partial charge in [-0.3, -0.25) is 4.79 Å². The summed E-state index contributed by atoms with van der Waals surface area (Å²) >= 11 is 0. The van der Waals surface area contributed by atoms with E-state index in [2.05, 4.69) is 12.2 Å². The van der Waals surface area contributed by atoms with E-state index in [-0.39, 0.29) is 30.2 Å². The summed E-state index contributed by atoms with van der Waals surface area (Å²) < 4.78 is 13.6. The second-order valence-electron chi connectivity index (χ2n) is 6.35. The van der Waals surface area contributed by atoms with Crippen LogP contribution in [-0.2, 0) is 10.2 Å². The third-order valence-corrected chi connectivity index (χ3v) is 4.79. The zero-order valence-corrected chi connectivity index (χ0v) is 14.6. The summed E-state index contributed by atoms with van der Waals surface area (Å²) in [5.41, 5.74) is 6.01. The molecule has 130 valence electrons. The summed E-state index contributed by atoms with van der Waals surface area (Å²) in [7, 11) is 0. The van der Waals surface area contributed by atoms with E-state index in [1.807, 2.05) is 6.07 Å². The summed E-state index contributed by atoms with van der Waals surface area (Å²) in [5, 5.41) is 3.12. The van der Waals surface area contributed by atoms with Gasteiger partial charge in [0.05, 0.1) is 5.41 Å². The van der Waals surface area contributed by atoms with E-state index < -0.39 is 5.41 Å². The fraction of sp³-hybridized carbons (Fsp3) is 0.611. The Balaban J connectivity index is 0.00000264. The molecule has 1 aromatic carbocycles. The lowest BCUT2D eigenvalue weighted by molar-refractivity contribution is -0.127. The van der Waals surface area contributed by atoms with Crippen molar-refractivity contribution in [2.75, 3.05) is 6.54 Å². The molecule has 0 radical (unpaired) electrons. The summed E-state index contributed by atoms with van der Waals surface area (Å²) in [6.45, 7) is 2.57. The first kappa shape index (κ1) is 19.9. The van der Waals surface area contributed by atoms with Crippen molar-refractivity contribution >= 4 is 18.3 Å². The molecule has 1 fully saturated rings. The second-order valence-corrected chi connectivity index (χ2v) is 6.35. The minimum atomic E-state index is -0.582. The molecule has 0 aliphatic heterocycles. The number of hydrogen-bond acceptors (Lipinski definition) is 2. The number of nitrogens with two attached hydrogens (primary N) is 1. The van der Waals surface area contributed by atoms with Gasteiger partial charge in [-0.2, -0.15) is 0 Å². The van der Waals surface area contributed by atoms with Crippen molar-refractivity contribution < 1.29 is 9.18 Å². The average molecular weight is 343 g/mol. The van der Waals surface area contributed by atoms with Crippen LogP contribution in [0, 0.1) is 5.82 Å². The number of halogens is 2. The van der Waals surface area contributed by atoms with Crippen LogP contribution < -0.4 is 11.1 Å². The molecule has 0 aromatic heterocycles. The van der Waals surface area contributed by atoms with Crippen molar-refractivity contribution in [2.45, 2.75) is 63.3 Å². The fourth-order valence-electron chi connectivity index (χ4n) is 3.43. The lowest BCUT2D eigenvalue weighted by atomic mass is 9.77. The maximum Gasteiger partial charge on any atom is 0.230 e. The number of nitrogens with one attached hydrogen (secondary N) is 1. The van der Waals surface area contributed by atoms with Crippen LogP contribution >= 0.6 is 12.4 Å². The van der Waals surface area contributed by atoms with Crippen LogP contribution in [0.15, 0.2) is 24.3 Å². The van der Waals surface area contributed by atoms with Gasteiger partial charge in [0.2, 0.25) is 5.91 Å². The van der Waals surface area contributed by atoms with E-state index in [9.17, 15) is 9.18 Å². The van der Waals surface area contributed by atoms with Crippen molar-refractivity contribution in [3.63, 3.8) is 0 Å². The minimum Gasteiger partial charge on any atom is -0.351 e. The molecular formula is C18H28ClFN2O. The Morgan fingerprint density at radius 2 is 2.09 bits per heavy atom. The van der Waals surface area contributed by atoms with Gasteiger partial charge in [0.25, 0.3) is 0 Å². The highest BCUT2D eigenvalue weighted by Crippen LogP contribution is 2.41. The van der Waals surface area contributed by atoms with E-state index in [4.69, 9.17) is 5.73 Å². The minimum absolute atomic E-state index is 0. The second kappa shape index (κ2) is 9.24. The number of unbranched alkanes of at least 4 members (excludes halogenated alkanes) is 1. The first-order chi connectivity index (χ1) is 10.6. The highest BCUT2D eigenvalue weighted by atomic mass is 35.5. The van der Waals surface area contributed by atoms with Crippen LogP contribution in [0.1, 0.15) is 57.4 Å². The highest BCUT2D eigenvalue weighted by molar-refractivity contribution is 5.88. The number of hydrogen-bond donors (Lipinski definition) is 2. The van der Waals surface area contributed by atoms with Crippen molar-refractivity contribution in [3.05, 3.63) is 35.6 Å². The highest BCUT2D eigenvalue weighted by Gasteiger charge is 2.43. The zero-order chi connectivity index (χ0) is 16.0. The first-order valence-corrected chi connectivity index (χ1v) is 8.39. The van der Waals surface area contributed by atoms with Gasteiger partial charge in [0, 0.05) is 12.6 Å². The monoisotopic (exact) mass is 342 g/mol. The SMILES string of the molecule is CCCCC(CN)NC(=O)C1(c2cccc(F)c2)CCCC1.Cl. The standard InChI is InChI=1S/C18H27FN2O.ClH/c1-2-3-9-16(13-20)21-17(22)18(10-4-5-11-18)14-7-6-8-15(19)12-14;/h6-8,12,16H,2-5,9-11,13,20H2,1H3,(H,21,22);1H. The predicted octanol–water partition coefficient (Wildman–Crippen LogP) is 3.69. The summed E-state index contributed by atoms with van der Waals surface area (Å²) in [6, 6.07) is 6.51. The van der Waals surface area contributed by atoms with Gasteiger partial charge < -0.3 is 11.1 Å². The molecule has 1 aromatic rings. The average Bonchev–Trinajstić information content (AvgIpc) is 3.02. The first-order valence-electron chi connectivity index (χ1n) is 8.39. The Labute approximate surface area is 144 Å². The number of carbonyl (C=O) groups excluding carboxylic acids is 1. The number of amides is 1. The van der Waals surface area contributed by atoms with Gasteiger partial charge in [-0.1, -0.05) is 44.7 Å². The molecule has 1 aliphatic rings. The van der Waals surface area contributed by atoms with Crippen LogP contribution in [0.25, 0.3) is 0 Å². The molecule has 1 saturated carbocycles. The van der Waals surface area contributed by atoms with E-state index in [0.29, 0.717) is 6.54 Å². The normalized spacial score (nSPS) is 17.3. The Kier molecular flexibility index (Phi) is 8.00. The van der Waals surface area contributed by atoms with Crippen molar-refractivity contribution in [1.82, 2.24) is 5.32 Å². The molecule has 1 unspecified atom stereocenters. The smallest absolute Gasteiger partial charge is 0.230 e. The summed E-state index contributed by atoms with van der Waals surface area (Å²) in [6.07, 6.45) is 6.62. The van der Waals surface area contributed by atoms with Crippen molar-refractivity contribution in [1.29, 1.82) is 0 Å². The Hall–Kier alpha value is -1.13. The molecule has 3 N–H and O–H groups in total. The van der Waals surface area contributed by atoms with E-state index in [1.165, 1.54) is 12.1 Å². The van der Waals surface area contributed by atoms with Crippen LogP contribution in [0.3, 0.4) is 0 Å². The van der Waals surface area contributed by atoms with Crippen LogP contribution in [0.2, 0.25) is 0 Å². The van der Waals surface area contributed by atoms with Crippen LogP contribution in [0.5, 0.6) is 0 Å². The third kappa shape index (κ3) is 4.67. The lowest BCUT2D eigenvalue weighted by Gasteiger charge is -2.30. The van der Waals surface area contributed by atoms with Crippen LogP contribution in [-0.4, -0.2) is 18.5 Å². The number of rotatable bonds is 7. The van der Waals surface area contributed by atoms with E-state index >= 15 is 0 Å². The molecular weight excluding hydrogens is 315 g/mol. The molecule has 5 heteroatoms. The molecule has 2 rings (SSSR count). The predicted molar refractivity (Wildman–Crippen MR) is 94.3 cm³/mol. The molecule has 0 bridgehead atoms. The largest absolute Gasteiger partial charge is 0.351 e. The van der Waals surface area contributed by atoms with Crippen molar-refractivity contribution in [3.8, 4) is 0 Å². The van der Waals surface area contributed by atoms with Gasteiger partial charge in [-0.15, -0.1) is 12.4 Å². The third-order valence-electron chi connectivity index (χ3n) is 4.79. The van der Waals surface area contributed by atoms with Gasteiger partial charge >= 0.3 is 0 Å². The molecule has 1 atom stereocenters. The van der Waals surface area contributed by atoms with Gasteiger partial charge in [0.15, 0.2) is 0 Å². The Morgan fingerprint density at radius 1 is 1.39 bits per heavy atom. The fourth-order valence-corrected chi connectivity index (χ4v) is 3.43. The summed E-state index contributed by atoms with van der Waals surface area (Å²) in [4.78, 5) is 12.9. The molecule has 1 amide bonds. The molecule has 0 spiro atoms. The number of benzene rings is 1. The summed E-state index contributed by atoms with van der Waals surface area (Å²) in [5.74, 6) is -0.264. The Morgan fingerprint density at radius 3 is 2.65 bits per heavy atom. The van der Waals surface area contributed by atoms with Crippen LogP contribution in [0.4, 0.5) is 4.39 Å². The molecule has 1 aliphatic carbocycles. The number of carbonyl (C=O) groups is 1. The van der Waals surface area contributed by atoms with E-state index in [1.54, 1.807) is 6.07 Å². The maximum atomic E-state index is 13.6. The van der Waals surface area contributed by atoms with E-state index in [0.717, 1.165) is 50.5 Å². The van der Waals surface area contributed by atoms with Gasteiger partial charge in [-0.05, 0) is 37.0 Å². The van der Waals surface area contributed by atoms with Gasteiger partial charge in [-0.25, -0.2) is 4.39 Å². The van der Waals surface area contributed by atoms with Gasteiger partial charge in [0.1, 0.15) is 5.82 Å². The Bertz CT molecular complexity index is 504. The quantitative estimate of drug-likeness (QED) is 0.794. The maximum absolute atomic E-state index is 13.6. The molecule has 23 heavy (non-hydrogen) atoms. The topological polar surface area (TPSA) is 55.1 Å². The molecule has 0 heterocycles.